The zero-order valence-electron chi connectivity index (χ0n) is 28.0. The quantitative estimate of drug-likeness (QED) is 0.139. The second-order valence-corrected chi connectivity index (χ2v) is 13.3. The first-order chi connectivity index (χ1) is 24.5. The van der Waals surface area contributed by atoms with Crippen molar-refractivity contribution >= 4 is 35.9 Å². The van der Waals surface area contributed by atoms with Gasteiger partial charge in [0.25, 0.3) is 5.88 Å². The molecule has 3 aliphatic rings. The van der Waals surface area contributed by atoms with Crippen LogP contribution in [0.5, 0.6) is 11.6 Å². The fourth-order valence-electron chi connectivity index (χ4n) is 7.14. The van der Waals surface area contributed by atoms with E-state index in [0.29, 0.717) is 58.8 Å². The lowest BCUT2D eigenvalue weighted by atomic mass is 9.89. The number of ether oxygens (including phenoxy) is 3. The molecule has 50 heavy (non-hydrogen) atoms. The Labute approximate surface area is 296 Å². The zero-order chi connectivity index (χ0) is 34.3. The fraction of sp³-hybridized carbons (Fsp3) is 0.457. The van der Waals surface area contributed by atoms with Gasteiger partial charge in [-0.3, -0.25) is 14.6 Å². The Balaban J connectivity index is 1.04. The SMILES string of the molecule is C[C@@H](CN=CN=CN)Oc1cc(-c2cnc(Nc3cn(C4CCC(N5[C@@H]6CC[C@H]5COC6)CC4)nc3OCc3ncccn3)nc2)ccc1Cl. The van der Waals surface area contributed by atoms with Crippen molar-refractivity contribution in [1.29, 1.82) is 0 Å². The number of fused-ring (bicyclic) bond motifs is 2. The van der Waals surface area contributed by atoms with E-state index in [1.54, 1.807) is 36.9 Å². The van der Waals surface area contributed by atoms with Gasteiger partial charge in [-0.1, -0.05) is 17.7 Å². The Kier molecular flexibility index (Phi) is 10.8. The third-order valence-corrected chi connectivity index (χ3v) is 9.81. The van der Waals surface area contributed by atoms with Crippen molar-refractivity contribution in [1.82, 2.24) is 34.6 Å². The van der Waals surface area contributed by atoms with Crippen LogP contribution in [-0.2, 0) is 11.3 Å². The normalized spacial score (nSPS) is 23.0. The number of nitrogens with two attached hydrogens (primary N) is 1. The van der Waals surface area contributed by atoms with Crippen molar-refractivity contribution in [2.24, 2.45) is 15.7 Å². The molecule has 15 heteroatoms. The molecular weight excluding hydrogens is 658 g/mol. The summed E-state index contributed by atoms with van der Waals surface area (Å²) in [4.78, 5) is 28.5. The van der Waals surface area contributed by atoms with Gasteiger partial charge in [0, 0.05) is 48.5 Å². The van der Waals surface area contributed by atoms with Gasteiger partial charge in [0.1, 0.15) is 30.5 Å². The average Bonchev–Trinajstić information content (AvgIpc) is 3.66. The average molecular weight is 700 g/mol. The number of rotatable bonds is 13. The van der Waals surface area contributed by atoms with Gasteiger partial charge in [0.2, 0.25) is 5.95 Å². The molecule has 2 saturated heterocycles. The Morgan fingerprint density at radius 1 is 1.00 bits per heavy atom. The molecule has 3 N–H and O–H groups in total. The lowest BCUT2D eigenvalue weighted by molar-refractivity contribution is -0.0458. The first-order valence-corrected chi connectivity index (χ1v) is 17.5. The molecule has 0 unspecified atom stereocenters. The molecule has 2 bridgehead atoms. The minimum Gasteiger partial charge on any atom is -0.487 e. The Hall–Kier alpha value is -4.66. The lowest BCUT2D eigenvalue weighted by Gasteiger charge is -2.43. The van der Waals surface area contributed by atoms with E-state index < -0.39 is 0 Å². The van der Waals surface area contributed by atoms with Crippen LogP contribution in [0.25, 0.3) is 11.1 Å². The highest BCUT2D eigenvalue weighted by Gasteiger charge is 2.42. The van der Waals surface area contributed by atoms with Crippen molar-refractivity contribution in [2.75, 3.05) is 25.1 Å². The van der Waals surface area contributed by atoms with Crippen LogP contribution >= 0.6 is 11.6 Å². The molecule has 1 aromatic carbocycles. The minimum absolute atomic E-state index is 0.187. The van der Waals surface area contributed by atoms with Crippen LogP contribution in [0.2, 0.25) is 5.02 Å². The molecule has 0 spiro atoms. The molecule has 4 aromatic rings. The zero-order valence-corrected chi connectivity index (χ0v) is 28.8. The third-order valence-electron chi connectivity index (χ3n) is 9.50. The largest absolute Gasteiger partial charge is 0.487 e. The maximum Gasteiger partial charge on any atom is 0.257 e. The molecule has 7 rings (SSSR count). The van der Waals surface area contributed by atoms with Gasteiger partial charge >= 0.3 is 0 Å². The van der Waals surface area contributed by atoms with Gasteiger partial charge in [-0.2, -0.15) is 0 Å². The van der Waals surface area contributed by atoms with Gasteiger partial charge in [-0.15, -0.1) is 5.10 Å². The van der Waals surface area contributed by atoms with Crippen LogP contribution in [0.1, 0.15) is 57.3 Å². The summed E-state index contributed by atoms with van der Waals surface area (Å²) in [5.74, 6) is 1.98. The predicted molar refractivity (Wildman–Crippen MR) is 191 cm³/mol. The number of nitrogens with zero attached hydrogens (tertiary/aromatic N) is 9. The summed E-state index contributed by atoms with van der Waals surface area (Å²) in [6.07, 6.45) is 18.2. The minimum atomic E-state index is -0.226. The molecule has 5 heterocycles. The van der Waals surface area contributed by atoms with E-state index in [1.807, 2.05) is 29.9 Å². The summed E-state index contributed by atoms with van der Waals surface area (Å²) in [6.45, 7) is 4.24. The standard InChI is InChI=1S/C35H42ClN11O3/c1-23(14-38-22-39-21-37)50-32-13-24(3-10-30(32)36)25-15-42-35(43-16-25)44-31-17-46(45-34(31)49-20-33-40-11-2-12-41-33)26-4-6-27(7-5-26)47-28-8-9-29(47)19-48-18-28/h2-3,10-13,15-17,21-23,26-29H,4-9,14,18-20H2,1H3,(H2,37,38,39)(H,42,43,44)/t23-,26?,27?,28-,29+/m0/s1. The predicted octanol–water partition coefficient (Wildman–Crippen LogP) is 5.24. The van der Waals surface area contributed by atoms with Crippen LogP contribution in [0.15, 0.2) is 65.2 Å². The van der Waals surface area contributed by atoms with Gasteiger partial charge in [-0.05, 0) is 69.2 Å². The van der Waals surface area contributed by atoms with E-state index in [-0.39, 0.29) is 18.8 Å². The van der Waals surface area contributed by atoms with Crippen LogP contribution in [-0.4, -0.2) is 91.3 Å². The molecule has 14 nitrogen and oxygen atoms in total. The number of anilines is 2. The topological polar surface area (TPSA) is 163 Å². The van der Waals surface area contributed by atoms with Crippen molar-refractivity contribution in [3.63, 3.8) is 0 Å². The highest BCUT2D eigenvalue weighted by Crippen LogP contribution is 2.39. The molecule has 1 saturated carbocycles. The molecule has 2 aliphatic heterocycles. The number of benzene rings is 1. The monoisotopic (exact) mass is 699 g/mol. The summed E-state index contributed by atoms with van der Waals surface area (Å²) >= 11 is 6.44. The second kappa shape index (κ2) is 15.9. The molecule has 3 atom stereocenters. The highest BCUT2D eigenvalue weighted by molar-refractivity contribution is 6.32. The van der Waals surface area contributed by atoms with E-state index in [9.17, 15) is 0 Å². The fourth-order valence-corrected chi connectivity index (χ4v) is 7.30. The van der Waals surface area contributed by atoms with Crippen LogP contribution in [0.4, 0.5) is 11.6 Å². The van der Waals surface area contributed by atoms with Gasteiger partial charge in [0.15, 0.2) is 5.82 Å². The highest BCUT2D eigenvalue weighted by atomic mass is 35.5. The first-order valence-electron chi connectivity index (χ1n) is 17.1. The number of hydrogen-bond acceptors (Lipinski definition) is 11. The van der Waals surface area contributed by atoms with Crippen molar-refractivity contribution in [3.05, 3.63) is 66.1 Å². The number of morpholine rings is 1. The molecule has 0 amide bonds. The molecular formula is C35H42ClN11O3. The maximum absolute atomic E-state index is 6.44. The molecule has 3 fully saturated rings. The van der Waals surface area contributed by atoms with Crippen molar-refractivity contribution in [3.8, 4) is 22.8 Å². The van der Waals surface area contributed by atoms with Crippen LogP contribution < -0.4 is 20.5 Å². The third kappa shape index (κ3) is 8.03. The maximum atomic E-state index is 6.44. The molecule has 0 radical (unpaired) electrons. The van der Waals surface area contributed by atoms with Gasteiger partial charge in [-0.25, -0.2) is 24.9 Å². The van der Waals surface area contributed by atoms with E-state index in [4.69, 9.17) is 36.6 Å². The molecule has 1 aliphatic carbocycles. The lowest BCUT2D eigenvalue weighted by Crippen LogP contribution is -2.52. The summed E-state index contributed by atoms with van der Waals surface area (Å²) in [5.41, 5.74) is 7.59. The molecule has 3 aromatic heterocycles. The number of aliphatic imine (C=N–C) groups is 2. The van der Waals surface area contributed by atoms with Crippen molar-refractivity contribution in [2.45, 2.75) is 82.3 Å². The van der Waals surface area contributed by atoms with E-state index in [0.717, 1.165) is 50.0 Å². The van der Waals surface area contributed by atoms with E-state index >= 15 is 0 Å². The number of halogens is 1. The summed E-state index contributed by atoms with van der Waals surface area (Å²) in [6, 6.07) is 9.38. The Morgan fingerprint density at radius 2 is 1.72 bits per heavy atom. The Bertz CT molecular complexity index is 1750. The summed E-state index contributed by atoms with van der Waals surface area (Å²) < 4.78 is 20.1. The summed E-state index contributed by atoms with van der Waals surface area (Å²) in [7, 11) is 0. The number of nitrogens with one attached hydrogen (secondary N) is 1. The van der Waals surface area contributed by atoms with E-state index in [2.05, 4.69) is 40.1 Å². The number of aromatic nitrogens is 6. The second-order valence-electron chi connectivity index (χ2n) is 12.9. The summed E-state index contributed by atoms with van der Waals surface area (Å²) in [5, 5.41) is 8.73. The van der Waals surface area contributed by atoms with Crippen LogP contribution in [0, 0.1) is 0 Å². The first kappa shape index (κ1) is 33.8. The van der Waals surface area contributed by atoms with Crippen LogP contribution in [0.3, 0.4) is 0 Å². The number of hydrogen-bond donors (Lipinski definition) is 2. The van der Waals surface area contributed by atoms with Gasteiger partial charge in [0.05, 0.1) is 43.4 Å². The van der Waals surface area contributed by atoms with E-state index in [1.165, 1.54) is 25.5 Å². The van der Waals surface area contributed by atoms with Crippen molar-refractivity contribution < 1.29 is 14.2 Å². The smallest absolute Gasteiger partial charge is 0.257 e. The Morgan fingerprint density at radius 3 is 2.46 bits per heavy atom. The molecule has 262 valence electrons. The van der Waals surface area contributed by atoms with Gasteiger partial charge < -0.3 is 25.3 Å².